The molecule has 3 nitrogen and oxygen atoms in total. The Labute approximate surface area is 93.8 Å². The first-order chi connectivity index (χ1) is 7.16. The fourth-order valence-electron chi connectivity index (χ4n) is 3.24. The molecule has 15 heavy (non-hydrogen) atoms. The normalized spacial score (nSPS) is 33.6. The van der Waals surface area contributed by atoms with Gasteiger partial charge < -0.3 is 10.2 Å². The summed E-state index contributed by atoms with van der Waals surface area (Å²) in [5.41, 5.74) is 0. The summed E-state index contributed by atoms with van der Waals surface area (Å²) in [5, 5.41) is 3.80. The van der Waals surface area contributed by atoms with Crippen LogP contribution in [0, 0.1) is 0 Å². The largest absolute Gasteiger partial charge is 0.309 e. The van der Waals surface area contributed by atoms with E-state index in [0.29, 0.717) is 6.04 Å². The third kappa shape index (κ3) is 2.71. The molecule has 0 aromatic heterocycles. The van der Waals surface area contributed by atoms with Crippen LogP contribution in [0.25, 0.3) is 0 Å². The van der Waals surface area contributed by atoms with Gasteiger partial charge in [-0.1, -0.05) is 0 Å². The maximum atomic E-state index is 3.80. The van der Waals surface area contributed by atoms with Crippen LogP contribution in [0.3, 0.4) is 0 Å². The van der Waals surface area contributed by atoms with Gasteiger partial charge in [-0.2, -0.15) is 0 Å². The van der Waals surface area contributed by atoms with Crippen molar-refractivity contribution in [1.29, 1.82) is 0 Å². The average Bonchev–Trinajstić information content (AvgIpc) is 2.68. The van der Waals surface area contributed by atoms with Crippen LogP contribution in [-0.2, 0) is 0 Å². The van der Waals surface area contributed by atoms with E-state index in [4.69, 9.17) is 0 Å². The molecule has 0 aliphatic carbocycles. The molecule has 3 atom stereocenters. The topological polar surface area (TPSA) is 18.5 Å². The predicted molar refractivity (Wildman–Crippen MR) is 64.2 cm³/mol. The molecule has 3 heteroatoms. The van der Waals surface area contributed by atoms with Crippen molar-refractivity contribution in [3.05, 3.63) is 0 Å². The zero-order chi connectivity index (χ0) is 10.8. The molecule has 0 spiro atoms. The summed E-state index contributed by atoms with van der Waals surface area (Å²) >= 11 is 0. The van der Waals surface area contributed by atoms with Gasteiger partial charge in [0.2, 0.25) is 0 Å². The molecule has 0 aromatic rings. The average molecular weight is 211 g/mol. The van der Waals surface area contributed by atoms with E-state index >= 15 is 0 Å². The van der Waals surface area contributed by atoms with Crippen LogP contribution < -0.4 is 5.32 Å². The van der Waals surface area contributed by atoms with Crippen LogP contribution >= 0.6 is 0 Å². The summed E-state index contributed by atoms with van der Waals surface area (Å²) in [4.78, 5) is 4.93. The van der Waals surface area contributed by atoms with Gasteiger partial charge in [-0.05, 0) is 46.8 Å². The maximum Gasteiger partial charge on any atom is 0.0250 e. The van der Waals surface area contributed by atoms with Crippen LogP contribution in [0.4, 0.5) is 0 Å². The molecule has 0 aromatic carbocycles. The fraction of sp³-hybridized carbons (Fsp3) is 1.00. The summed E-state index contributed by atoms with van der Waals surface area (Å²) in [7, 11) is 4.30. The molecule has 2 aliphatic rings. The zero-order valence-corrected chi connectivity index (χ0v) is 10.4. The second kappa shape index (κ2) is 4.81. The van der Waals surface area contributed by atoms with Gasteiger partial charge in [0, 0.05) is 31.2 Å². The van der Waals surface area contributed by atoms with Crippen molar-refractivity contribution in [3.8, 4) is 0 Å². The summed E-state index contributed by atoms with van der Waals surface area (Å²) in [6.07, 6.45) is 4.17. The lowest BCUT2D eigenvalue weighted by Crippen LogP contribution is -2.46. The molecule has 88 valence electrons. The lowest BCUT2D eigenvalue weighted by atomic mass is 10.1. The highest BCUT2D eigenvalue weighted by atomic mass is 15.2. The third-order valence-electron chi connectivity index (χ3n) is 3.74. The van der Waals surface area contributed by atoms with E-state index in [1.54, 1.807) is 0 Å². The first kappa shape index (κ1) is 11.4. The number of fused-ring (bicyclic) bond motifs is 1. The molecule has 0 radical (unpaired) electrons. The molecule has 2 rings (SSSR count). The van der Waals surface area contributed by atoms with Gasteiger partial charge in [-0.3, -0.25) is 4.90 Å². The van der Waals surface area contributed by atoms with Gasteiger partial charge in [0.25, 0.3) is 0 Å². The van der Waals surface area contributed by atoms with Crippen LogP contribution in [0.15, 0.2) is 0 Å². The van der Waals surface area contributed by atoms with Crippen molar-refractivity contribution in [1.82, 2.24) is 15.1 Å². The van der Waals surface area contributed by atoms with E-state index in [9.17, 15) is 0 Å². The monoisotopic (exact) mass is 211 g/mol. The highest BCUT2D eigenvalue weighted by molar-refractivity contribution is 4.96. The van der Waals surface area contributed by atoms with E-state index in [0.717, 1.165) is 18.6 Å². The van der Waals surface area contributed by atoms with Crippen molar-refractivity contribution in [2.75, 3.05) is 33.7 Å². The third-order valence-corrected chi connectivity index (χ3v) is 3.74. The molecule has 1 N–H and O–H groups in total. The minimum Gasteiger partial charge on any atom is -0.309 e. The standard InChI is InChI=1S/C12H25N3/c1-10(9-14(2)3)13-11-6-8-15-7-4-5-12(11)15/h10-13H,4-9H2,1-3H3. The summed E-state index contributed by atoms with van der Waals surface area (Å²) in [6.45, 7) is 6.10. The van der Waals surface area contributed by atoms with E-state index in [-0.39, 0.29) is 0 Å². The molecule has 0 bridgehead atoms. The Morgan fingerprint density at radius 1 is 1.33 bits per heavy atom. The Bertz CT molecular complexity index is 205. The second-order valence-corrected chi connectivity index (χ2v) is 5.47. The maximum absolute atomic E-state index is 3.80. The minimum atomic E-state index is 0.616. The molecular formula is C12H25N3. The van der Waals surface area contributed by atoms with E-state index in [1.807, 2.05) is 0 Å². The number of likely N-dealkylation sites (N-methyl/N-ethyl adjacent to an activating group) is 1. The highest BCUT2D eigenvalue weighted by Gasteiger charge is 2.37. The van der Waals surface area contributed by atoms with Gasteiger partial charge in [-0.25, -0.2) is 0 Å². The van der Waals surface area contributed by atoms with Gasteiger partial charge in [0.05, 0.1) is 0 Å². The van der Waals surface area contributed by atoms with Crippen molar-refractivity contribution in [2.45, 2.75) is 44.3 Å². The fourth-order valence-corrected chi connectivity index (χ4v) is 3.24. The molecule has 2 aliphatic heterocycles. The number of hydrogen-bond acceptors (Lipinski definition) is 3. The Morgan fingerprint density at radius 3 is 2.87 bits per heavy atom. The zero-order valence-electron chi connectivity index (χ0n) is 10.4. The molecular weight excluding hydrogens is 186 g/mol. The minimum absolute atomic E-state index is 0.616. The smallest absolute Gasteiger partial charge is 0.0250 e. The van der Waals surface area contributed by atoms with Crippen molar-refractivity contribution < 1.29 is 0 Å². The number of nitrogens with one attached hydrogen (secondary N) is 1. The Morgan fingerprint density at radius 2 is 2.13 bits per heavy atom. The van der Waals surface area contributed by atoms with E-state index in [2.05, 4.69) is 36.1 Å². The predicted octanol–water partition coefficient (Wildman–Crippen LogP) is 0.763. The van der Waals surface area contributed by atoms with Gasteiger partial charge in [0.1, 0.15) is 0 Å². The SMILES string of the molecule is CC(CN(C)C)NC1CCN2CCCC12. The Balaban J connectivity index is 1.79. The van der Waals surface area contributed by atoms with Crippen molar-refractivity contribution in [3.63, 3.8) is 0 Å². The molecule has 3 unspecified atom stereocenters. The Kier molecular flexibility index (Phi) is 3.65. The number of rotatable bonds is 4. The lowest BCUT2D eigenvalue weighted by Gasteiger charge is -2.26. The van der Waals surface area contributed by atoms with Crippen LogP contribution in [0.1, 0.15) is 26.2 Å². The molecule has 2 saturated heterocycles. The van der Waals surface area contributed by atoms with Crippen molar-refractivity contribution >= 4 is 0 Å². The van der Waals surface area contributed by atoms with Crippen LogP contribution in [0.2, 0.25) is 0 Å². The lowest BCUT2D eigenvalue weighted by molar-refractivity contribution is 0.274. The molecule has 0 saturated carbocycles. The van der Waals surface area contributed by atoms with Gasteiger partial charge >= 0.3 is 0 Å². The van der Waals surface area contributed by atoms with Crippen LogP contribution in [0.5, 0.6) is 0 Å². The first-order valence-corrected chi connectivity index (χ1v) is 6.31. The number of hydrogen-bond donors (Lipinski definition) is 1. The van der Waals surface area contributed by atoms with Gasteiger partial charge in [-0.15, -0.1) is 0 Å². The molecule has 0 amide bonds. The summed E-state index contributed by atoms with van der Waals surface area (Å²) in [6, 6.07) is 2.21. The molecule has 2 heterocycles. The quantitative estimate of drug-likeness (QED) is 0.741. The summed E-state index contributed by atoms with van der Waals surface area (Å²) < 4.78 is 0. The second-order valence-electron chi connectivity index (χ2n) is 5.47. The summed E-state index contributed by atoms with van der Waals surface area (Å²) in [5.74, 6) is 0. The number of nitrogens with zero attached hydrogens (tertiary/aromatic N) is 2. The first-order valence-electron chi connectivity index (χ1n) is 6.31. The van der Waals surface area contributed by atoms with Crippen LogP contribution in [-0.4, -0.2) is 61.7 Å². The van der Waals surface area contributed by atoms with E-state index < -0.39 is 0 Å². The molecule has 2 fully saturated rings. The van der Waals surface area contributed by atoms with E-state index in [1.165, 1.54) is 32.4 Å². The Hall–Kier alpha value is -0.120. The van der Waals surface area contributed by atoms with Gasteiger partial charge in [0.15, 0.2) is 0 Å². The van der Waals surface area contributed by atoms with Crippen molar-refractivity contribution in [2.24, 2.45) is 0 Å². The highest BCUT2D eigenvalue weighted by Crippen LogP contribution is 2.28.